The monoisotopic (exact) mass is 293 g/mol. The molecular formula is C13H15N3O5. The minimum absolute atomic E-state index is 0.0229. The van der Waals surface area contributed by atoms with Crippen molar-refractivity contribution in [2.75, 3.05) is 13.6 Å². The van der Waals surface area contributed by atoms with Crippen LogP contribution in [0.3, 0.4) is 0 Å². The molecule has 8 heteroatoms. The first-order valence-electron chi connectivity index (χ1n) is 6.36. The molecule has 0 fully saturated rings. The van der Waals surface area contributed by atoms with Gasteiger partial charge in [0.2, 0.25) is 5.71 Å². The van der Waals surface area contributed by atoms with E-state index in [0.717, 1.165) is 0 Å². The number of carboxylic acid groups (broad SMARTS) is 1. The van der Waals surface area contributed by atoms with Crippen LogP contribution in [0, 0.1) is 6.92 Å². The van der Waals surface area contributed by atoms with Crippen LogP contribution in [0.25, 0.3) is 11.1 Å². The number of aliphatic carboxylic acids is 1. The Morgan fingerprint density at radius 1 is 1.48 bits per heavy atom. The number of nitrogens with zero attached hydrogens (tertiary/aromatic N) is 2. The van der Waals surface area contributed by atoms with Gasteiger partial charge in [0.15, 0.2) is 0 Å². The van der Waals surface area contributed by atoms with Crippen LogP contribution in [0.1, 0.15) is 29.0 Å². The average Bonchev–Trinajstić information content (AvgIpc) is 2.75. The maximum absolute atomic E-state index is 12.4. The molecule has 0 unspecified atom stereocenters. The van der Waals surface area contributed by atoms with Gasteiger partial charge in [-0.15, -0.1) is 0 Å². The highest BCUT2D eigenvalue weighted by atomic mass is 16.4. The van der Waals surface area contributed by atoms with Gasteiger partial charge in [0.25, 0.3) is 11.5 Å². The second kappa shape index (κ2) is 5.78. The number of hydrogen-bond acceptors (Lipinski definition) is 5. The van der Waals surface area contributed by atoms with E-state index >= 15 is 0 Å². The minimum atomic E-state index is -0.915. The predicted molar refractivity (Wildman–Crippen MR) is 73.2 cm³/mol. The van der Waals surface area contributed by atoms with Crippen molar-refractivity contribution in [2.45, 2.75) is 19.8 Å². The highest BCUT2D eigenvalue weighted by Gasteiger charge is 2.24. The Labute approximate surface area is 119 Å². The summed E-state index contributed by atoms with van der Waals surface area (Å²) in [4.78, 5) is 42.4. The van der Waals surface area contributed by atoms with Gasteiger partial charge in [-0.2, -0.15) is 0 Å². The summed E-state index contributed by atoms with van der Waals surface area (Å²) in [5.74, 6) is -0.999. The van der Waals surface area contributed by atoms with Crippen molar-refractivity contribution in [1.82, 2.24) is 14.9 Å². The molecule has 0 atom stereocenters. The van der Waals surface area contributed by atoms with Crippen LogP contribution < -0.4 is 5.56 Å². The highest BCUT2D eigenvalue weighted by Crippen LogP contribution is 2.21. The molecule has 0 spiro atoms. The van der Waals surface area contributed by atoms with Crippen LogP contribution in [-0.2, 0) is 4.79 Å². The van der Waals surface area contributed by atoms with E-state index < -0.39 is 17.4 Å². The number of furan rings is 1. The fourth-order valence-electron chi connectivity index (χ4n) is 2.07. The Hall–Kier alpha value is -2.64. The minimum Gasteiger partial charge on any atom is -0.481 e. The van der Waals surface area contributed by atoms with E-state index in [9.17, 15) is 14.4 Å². The topological polar surface area (TPSA) is 117 Å². The first-order valence-corrected chi connectivity index (χ1v) is 6.36. The van der Waals surface area contributed by atoms with Gasteiger partial charge < -0.3 is 19.4 Å². The summed E-state index contributed by atoms with van der Waals surface area (Å²) < 4.78 is 5.32. The van der Waals surface area contributed by atoms with Crippen molar-refractivity contribution in [2.24, 2.45) is 0 Å². The van der Waals surface area contributed by atoms with Crippen LogP contribution in [0.15, 0.2) is 15.5 Å². The van der Waals surface area contributed by atoms with Crippen LogP contribution in [0.5, 0.6) is 0 Å². The molecule has 112 valence electrons. The van der Waals surface area contributed by atoms with Crippen molar-refractivity contribution in [3.8, 4) is 0 Å². The van der Waals surface area contributed by atoms with Gasteiger partial charge in [-0.05, 0) is 13.3 Å². The van der Waals surface area contributed by atoms with Crippen LogP contribution in [0.4, 0.5) is 0 Å². The molecule has 1 amide bonds. The summed E-state index contributed by atoms with van der Waals surface area (Å²) in [5.41, 5.74) is -0.171. The van der Waals surface area contributed by atoms with E-state index in [1.165, 1.54) is 11.2 Å². The lowest BCUT2D eigenvalue weighted by atomic mass is 10.1. The number of aryl methyl sites for hydroxylation is 1. The number of H-pyrrole nitrogens is 1. The maximum Gasteiger partial charge on any atom is 0.303 e. The van der Waals surface area contributed by atoms with Gasteiger partial charge in [0.1, 0.15) is 11.1 Å². The molecule has 2 aromatic rings. The van der Waals surface area contributed by atoms with Crippen molar-refractivity contribution < 1.29 is 19.1 Å². The second-order valence-corrected chi connectivity index (χ2v) is 4.67. The Morgan fingerprint density at radius 3 is 2.86 bits per heavy atom. The Balaban J connectivity index is 2.29. The summed E-state index contributed by atoms with van der Waals surface area (Å²) in [6.45, 7) is 1.86. The number of nitrogens with one attached hydrogen (secondary N) is 1. The lowest BCUT2D eigenvalue weighted by molar-refractivity contribution is -0.137. The molecule has 0 aliphatic rings. The molecule has 21 heavy (non-hydrogen) atoms. The zero-order valence-electron chi connectivity index (χ0n) is 11.7. The van der Waals surface area contributed by atoms with Gasteiger partial charge in [0.05, 0.1) is 11.9 Å². The van der Waals surface area contributed by atoms with Gasteiger partial charge in [-0.25, -0.2) is 4.98 Å². The molecule has 0 aliphatic carbocycles. The molecule has 0 aromatic carbocycles. The zero-order valence-corrected chi connectivity index (χ0v) is 11.7. The largest absolute Gasteiger partial charge is 0.481 e. The van der Waals surface area contributed by atoms with Crippen molar-refractivity contribution in [1.29, 1.82) is 0 Å². The van der Waals surface area contributed by atoms with E-state index in [-0.39, 0.29) is 29.6 Å². The first-order chi connectivity index (χ1) is 9.91. The summed E-state index contributed by atoms with van der Waals surface area (Å²) in [7, 11) is 1.55. The van der Waals surface area contributed by atoms with Gasteiger partial charge in [-0.3, -0.25) is 14.4 Å². The number of carbonyl (C=O) groups is 2. The molecule has 8 nitrogen and oxygen atoms in total. The molecule has 2 N–H and O–H groups in total. The van der Waals surface area contributed by atoms with E-state index in [1.807, 2.05) is 0 Å². The third-order valence-electron chi connectivity index (χ3n) is 3.11. The van der Waals surface area contributed by atoms with E-state index in [1.54, 1.807) is 14.0 Å². The van der Waals surface area contributed by atoms with Gasteiger partial charge in [0, 0.05) is 20.0 Å². The van der Waals surface area contributed by atoms with E-state index in [2.05, 4.69) is 9.97 Å². The van der Waals surface area contributed by atoms with E-state index in [4.69, 9.17) is 9.52 Å². The Kier molecular flexibility index (Phi) is 4.06. The molecular weight excluding hydrogens is 278 g/mol. The summed E-state index contributed by atoms with van der Waals surface area (Å²) in [6, 6.07) is 0. The van der Waals surface area contributed by atoms with Crippen molar-refractivity contribution in [3.63, 3.8) is 0 Å². The SMILES string of the molecule is Cc1oc2nc[nH]c(=O)c2c1C(=O)N(C)CCCC(=O)O. The fraction of sp³-hybridized carbons (Fsp3) is 0.385. The molecule has 2 heterocycles. The number of rotatable bonds is 5. The molecule has 0 saturated heterocycles. The summed E-state index contributed by atoms with van der Waals surface area (Å²) >= 11 is 0. The van der Waals surface area contributed by atoms with Gasteiger partial charge in [-0.1, -0.05) is 0 Å². The molecule has 2 rings (SSSR count). The molecule has 0 bridgehead atoms. The Bertz CT molecular complexity index is 746. The van der Waals surface area contributed by atoms with Crippen molar-refractivity contribution in [3.05, 3.63) is 28.0 Å². The third-order valence-corrected chi connectivity index (χ3v) is 3.11. The fourth-order valence-corrected chi connectivity index (χ4v) is 2.07. The van der Waals surface area contributed by atoms with Crippen LogP contribution >= 0.6 is 0 Å². The van der Waals surface area contributed by atoms with E-state index in [0.29, 0.717) is 12.2 Å². The number of fused-ring (bicyclic) bond motifs is 1. The van der Waals surface area contributed by atoms with Crippen molar-refractivity contribution >= 4 is 23.0 Å². The number of aromatic nitrogens is 2. The second-order valence-electron chi connectivity index (χ2n) is 4.67. The Morgan fingerprint density at radius 2 is 2.19 bits per heavy atom. The van der Waals surface area contributed by atoms with Crippen LogP contribution in [0.2, 0.25) is 0 Å². The lowest BCUT2D eigenvalue weighted by Crippen LogP contribution is -2.29. The average molecular weight is 293 g/mol. The highest BCUT2D eigenvalue weighted by molar-refractivity contribution is 6.06. The smallest absolute Gasteiger partial charge is 0.303 e. The quantitative estimate of drug-likeness (QED) is 0.840. The number of carbonyl (C=O) groups excluding carboxylic acids is 1. The molecule has 2 aromatic heterocycles. The summed E-state index contributed by atoms with van der Waals surface area (Å²) in [6.07, 6.45) is 1.52. The first kappa shape index (κ1) is 14.8. The number of carboxylic acids is 1. The van der Waals surface area contributed by atoms with Crippen LogP contribution in [-0.4, -0.2) is 45.4 Å². The number of aromatic amines is 1. The number of amides is 1. The third kappa shape index (κ3) is 2.93. The molecule has 0 saturated carbocycles. The maximum atomic E-state index is 12.4. The zero-order chi connectivity index (χ0) is 15.6. The molecule has 0 aliphatic heterocycles. The molecule has 0 radical (unpaired) electrons. The lowest BCUT2D eigenvalue weighted by Gasteiger charge is -2.16. The number of hydrogen-bond donors (Lipinski definition) is 2. The van der Waals surface area contributed by atoms with Gasteiger partial charge >= 0.3 is 5.97 Å². The normalized spacial score (nSPS) is 10.8. The predicted octanol–water partition coefficient (Wildman–Crippen LogP) is 0.761. The standard InChI is InChI=1S/C13H15N3O5/c1-7-9(10-11(19)14-6-15-12(10)21-7)13(20)16(2)5-3-4-8(17)18/h6H,3-5H2,1-2H3,(H,17,18)(H,14,15,19). The summed E-state index contributed by atoms with van der Waals surface area (Å²) in [5, 5.41) is 8.71.